The SMILES string of the molecule is O=C(NCCc1ccccc1)C(=O)Nc1ccc2c(c1)CCCN2C(=O)C1CC1. The minimum absolute atomic E-state index is 0.180. The van der Waals surface area contributed by atoms with E-state index in [9.17, 15) is 14.4 Å². The van der Waals surface area contributed by atoms with E-state index in [4.69, 9.17) is 0 Å². The molecular formula is C23H25N3O3. The Morgan fingerprint density at radius 3 is 2.55 bits per heavy atom. The molecule has 1 saturated carbocycles. The molecule has 6 heteroatoms. The summed E-state index contributed by atoms with van der Waals surface area (Å²) in [6.07, 6.45) is 4.40. The van der Waals surface area contributed by atoms with Gasteiger partial charge in [0.15, 0.2) is 0 Å². The number of nitrogens with one attached hydrogen (secondary N) is 2. The van der Waals surface area contributed by atoms with Gasteiger partial charge in [0.25, 0.3) is 0 Å². The first kappa shape index (κ1) is 19.2. The minimum Gasteiger partial charge on any atom is -0.347 e. The van der Waals surface area contributed by atoms with Crippen molar-refractivity contribution in [1.29, 1.82) is 0 Å². The van der Waals surface area contributed by atoms with E-state index in [1.807, 2.05) is 47.4 Å². The Labute approximate surface area is 170 Å². The Balaban J connectivity index is 1.33. The van der Waals surface area contributed by atoms with Crippen molar-refractivity contribution in [2.24, 2.45) is 5.92 Å². The lowest BCUT2D eigenvalue weighted by molar-refractivity contribution is -0.136. The summed E-state index contributed by atoms with van der Waals surface area (Å²) in [7, 11) is 0. The molecule has 150 valence electrons. The summed E-state index contributed by atoms with van der Waals surface area (Å²) in [6.45, 7) is 1.15. The Bertz CT molecular complexity index is 922. The van der Waals surface area contributed by atoms with Crippen LogP contribution in [0.4, 0.5) is 11.4 Å². The Morgan fingerprint density at radius 2 is 1.79 bits per heavy atom. The van der Waals surface area contributed by atoms with Gasteiger partial charge in [0.1, 0.15) is 0 Å². The molecule has 0 spiro atoms. The number of hydrogen-bond donors (Lipinski definition) is 2. The summed E-state index contributed by atoms with van der Waals surface area (Å²) >= 11 is 0. The Kier molecular flexibility index (Phi) is 5.60. The lowest BCUT2D eigenvalue weighted by atomic mass is 10.0. The summed E-state index contributed by atoms with van der Waals surface area (Å²) < 4.78 is 0. The van der Waals surface area contributed by atoms with Crippen molar-refractivity contribution in [3.05, 3.63) is 59.7 Å². The van der Waals surface area contributed by atoms with Crippen LogP contribution in [0.3, 0.4) is 0 Å². The van der Waals surface area contributed by atoms with Gasteiger partial charge in [0, 0.05) is 30.4 Å². The van der Waals surface area contributed by atoms with Crippen molar-refractivity contribution in [2.75, 3.05) is 23.3 Å². The number of rotatable bonds is 5. The number of hydrogen-bond acceptors (Lipinski definition) is 3. The van der Waals surface area contributed by atoms with Crippen molar-refractivity contribution in [3.8, 4) is 0 Å². The maximum atomic E-state index is 12.5. The Hall–Kier alpha value is -3.15. The van der Waals surface area contributed by atoms with Crippen LogP contribution in [-0.4, -0.2) is 30.8 Å². The van der Waals surface area contributed by atoms with Gasteiger partial charge in [-0.25, -0.2) is 0 Å². The molecule has 2 aromatic rings. The predicted molar refractivity (Wildman–Crippen MR) is 112 cm³/mol. The fourth-order valence-corrected chi connectivity index (χ4v) is 3.69. The van der Waals surface area contributed by atoms with E-state index in [0.29, 0.717) is 18.7 Å². The summed E-state index contributed by atoms with van der Waals surface area (Å²) in [5.74, 6) is -0.940. The fraction of sp³-hybridized carbons (Fsp3) is 0.348. The van der Waals surface area contributed by atoms with E-state index in [0.717, 1.165) is 49.0 Å². The molecule has 1 fully saturated rings. The molecule has 6 nitrogen and oxygen atoms in total. The second-order valence-electron chi connectivity index (χ2n) is 7.66. The van der Waals surface area contributed by atoms with Gasteiger partial charge in [-0.1, -0.05) is 30.3 Å². The molecule has 2 aromatic carbocycles. The van der Waals surface area contributed by atoms with Gasteiger partial charge in [-0.15, -0.1) is 0 Å². The zero-order valence-corrected chi connectivity index (χ0v) is 16.3. The summed E-state index contributed by atoms with van der Waals surface area (Å²) in [6, 6.07) is 15.3. The molecule has 0 saturated heterocycles. The van der Waals surface area contributed by atoms with Crippen LogP contribution in [0.5, 0.6) is 0 Å². The second kappa shape index (κ2) is 8.47. The van der Waals surface area contributed by atoms with Crippen molar-refractivity contribution in [1.82, 2.24) is 5.32 Å². The molecule has 29 heavy (non-hydrogen) atoms. The zero-order valence-electron chi connectivity index (χ0n) is 16.3. The molecule has 2 N–H and O–H groups in total. The number of carbonyl (C=O) groups is 3. The highest BCUT2D eigenvalue weighted by atomic mass is 16.2. The van der Waals surface area contributed by atoms with Gasteiger partial charge in [0.2, 0.25) is 5.91 Å². The summed E-state index contributed by atoms with van der Waals surface area (Å²) in [5, 5.41) is 5.32. The predicted octanol–water partition coefficient (Wildman–Crippen LogP) is 2.67. The lowest BCUT2D eigenvalue weighted by Crippen LogP contribution is -2.37. The summed E-state index contributed by atoms with van der Waals surface area (Å²) in [4.78, 5) is 38.6. The zero-order chi connectivity index (χ0) is 20.2. The average molecular weight is 391 g/mol. The third-order valence-electron chi connectivity index (χ3n) is 5.40. The first-order valence-corrected chi connectivity index (χ1v) is 10.2. The van der Waals surface area contributed by atoms with Crippen LogP contribution >= 0.6 is 0 Å². The number of aryl methyl sites for hydroxylation is 1. The maximum Gasteiger partial charge on any atom is 0.313 e. The molecule has 0 atom stereocenters. The van der Waals surface area contributed by atoms with Crippen molar-refractivity contribution in [2.45, 2.75) is 32.1 Å². The lowest BCUT2D eigenvalue weighted by Gasteiger charge is -2.30. The topological polar surface area (TPSA) is 78.5 Å². The number of nitrogens with zero attached hydrogens (tertiary/aromatic N) is 1. The first-order valence-electron chi connectivity index (χ1n) is 10.2. The van der Waals surface area contributed by atoms with E-state index in [1.54, 1.807) is 6.07 Å². The highest BCUT2D eigenvalue weighted by Gasteiger charge is 2.35. The monoisotopic (exact) mass is 391 g/mol. The molecule has 0 bridgehead atoms. The molecule has 4 rings (SSSR count). The largest absolute Gasteiger partial charge is 0.347 e. The van der Waals surface area contributed by atoms with Crippen LogP contribution in [-0.2, 0) is 27.2 Å². The van der Waals surface area contributed by atoms with Crippen LogP contribution in [0.15, 0.2) is 48.5 Å². The van der Waals surface area contributed by atoms with Gasteiger partial charge < -0.3 is 15.5 Å². The number of amides is 3. The third kappa shape index (κ3) is 4.65. The molecule has 1 heterocycles. The molecule has 0 aromatic heterocycles. The van der Waals surface area contributed by atoms with Gasteiger partial charge in [-0.05, 0) is 61.4 Å². The first-order chi connectivity index (χ1) is 14.1. The van der Waals surface area contributed by atoms with E-state index >= 15 is 0 Å². The highest BCUT2D eigenvalue weighted by molar-refractivity contribution is 6.39. The van der Waals surface area contributed by atoms with Gasteiger partial charge in [-0.2, -0.15) is 0 Å². The average Bonchev–Trinajstić information content (AvgIpc) is 3.59. The molecule has 1 aliphatic heterocycles. The van der Waals surface area contributed by atoms with Crippen molar-refractivity contribution in [3.63, 3.8) is 0 Å². The molecule has 0 radical (unpaired) electrons. The van der Waals surface area contributed by atoms with Gasteiger partial charge in [0.05, 0.1) is 0 Å². The van der Waals surface area contributed by atoms with Gasteiger partial charge in [-0.3, -0.25) is 14.4 Å². The van der Waals surface area contributed by atoms with Crippen LogP contribution < -0.4 is 15.5 Å². The Morgan fingerprint density at radius 1 is 1.00 bits per heavy atom. The van der Waals surface area contributed by atoms with Crippen molar-refractivity contribution >= 4 is 29.1 Å². The van der Waals surface area contributed by atoms with Crippen LogP contribution in [0.1, 0.15) is 30.4 Å². The van der Waals surface area contributed by atoms with Crippen LogP contribution in [0.25, 0.3) is 0 Å². The van der Waals surface area contributed by atoms with E-state index in [2.05, 4.69) is 10.6 Å². The minimum atomic E-state index is -0.681. The van der Waals surface area contributed by atoms with Crippen molar-refractivity contribution < 1.29 is 14.4 Å². The smallest absolute Gasteiger partial charge is 0.313 e. The molecule has 3 amide bonds. The normalized spacial score (nSPS) is 15.4. The standard InChI is InChI=1S/C23H25N3O3/c27-21(24-13-12-16-5-2-1-3-6-16)22(28)25-19-10-11-20-18(15-19)7-4-14-26(20)23(29)17-8-9-17/h1-3,5-6,10-11,15,17H,4,7-9,12-14H2,(H,24,27)(H,25,28). The number of carbonyl (C=O) groups excluding carboxylic acids is 3. The number of benzene rings is 2. The third-order valence-corrected chi connectivity index (χ3v) is 5.40. The quantitative estimate of drug-likeness (QED) is 0.769. The van der Waals surface area contributed by atoms with Crippen LogP contribution in [0, 0.1) is 5.92 Å². The van der Waals surface area contributed by atoms with Gasteiger partial charge >= 0.3 is 11.8 Å². The maximum absolute atomic E-state index is 12.5. The highest BCUT2D eigenvalue weighted by Crippen LogP contribution is 2.36. The van der Waals surface area contributed by atoms with Crippen LogP contribution in [0.2, 0.25) is 0 Å². The molecule has 0 unspecified atom stereocenters. The second-order valence-corrected chi connectivity index (χ2v) is 7.66. The molecule has 2 aliphatic rings. The fourth-order valence-electron chi connectivity index (χ4n) is 3.69. The molecule has 1 aliphatic carbocycles. The van der Waals surface area contributed by atoms with E-state index in [1.165, 1.54) is 0 Å². The molecular weight excluding hydrogens is 366 g/mol. The van der Waals surface area contributed by atoms with E-state index in [-0.39, 0.29) is 11.8 Å². The van der Waals surface area contributed by atoms with E-state index < -0.39 is 11.8 Å². The number of fused-ring (bicyclic) bond motifs is 1. The summed E-state index contributed by atoms with van der Waals surface area (Å²) in [5.41, 5.74) is 3.65. The number of anilines is 2.